The number of benzene rings is 5. The summed E-state index contributed by atoms with van der Waals surface area (Å²) in [4.78, 5) is 30.6. The number of aliphatic hydroxyl groups excluding tert-OH is 1. The van der Waals surface area contributed by atoms with Crippen molar-refractivity contribution >= 4 is 17.5 Å². The highest BCUT2D eigenvalue weighted by molar-refractivity contribution is 5.94. The molecule has 3 aliphatic rings. The molecule has 3 heterocycles. The molecular weight excluding hydrogens is 677 g/mol. The lowest BCUT2D eigenvalue weighted by Gasteiger charge is -2.45. The van der Waals surface area contributed by atoms with Gasteiger partial charge in [0.2, 0.25) is 5.91 Å². The zero-order valence-corrected chi connectivity index (χ0v) is 30.3. The summed E-state index contributed by atoms with van der Waals surface area (Å²) in [6.07, 6.45) is 1.26. The number of hydrogen-bond acceptors (Lipinski definition) is 7. The first-order valence-electron chi connectivity index (χ1n) is 18.8. The molecule has 3 N–H and O–H groups in total. The lowest BCUT2D eigenvalue weighted by molar-refractivity contribution is -0.253. The van der Waals surface area contributed by atoms with Gasteiger partial charge < -0.3 is 35.0 Å². The van der Waals surface area contributed by atoms with Crippen LogP contribution in [0.1, 0.15) is 64.3 Å². The van der Waals surface area contributed by atoms with Gasteiger partial charge in [-0.05, 0) is 77.1 Å². The topological polar surface area (TPSA) is 103 Å². The molecule has 5 aromatic rings. The quantitative estimate of drug-likeness (QED) is 0.147. The number of ether oxygens (including phenoxy) is 2. The minimum absolute atomic E-state index is 0.0102. The van der Waals surface area contributed by atoms with Crippen molar-refractivity contribution in [2.45, 2.75) is 56.5 Å². The van der Waals surface area contributed by atoms with E-state index in [0.29, 0.717) is 25.2 Å². The van der Waals surface area contributed by atoms with Crippen molar-refractivity contribution in [3.8, 4) is 11.1 Å². The number of likely N-dealkylation sites (tertiary alicyclic amines) is 1. The van der Waals surface area contributed by atoms with Crippen LogP contribution in [0.3, 0.4) is 0 Å². The number of rotatable bonds is 10. The standard InChI is InChI=1S/C45H46N4O5/c50-30-32-17-19-34(20-18-32)41-27-40(29-48-23-21-45(22-24-48)44(52)47-31-49(45)39-15-5-2-6-16-39)53-43(54-41)38-14-8-13-37(26-38)36-12-7-9-33(25-36)28-46-42(51)35-10-3-1-4-11-35/h1-20,25-26,40-41,43,50H,21-24,27-31H2,(H,46,51)(H,47,52)/t40-,41+,43+/m0/s1. The zero-order valence-electron chi connectivity index (χ0n) is 30.3. The summed E-state index contributed by atoms with van der Waals surface area (Å²) in [6.45, 7) is 3.24. The Hall–Kier alpha value is -5.32. The van der Waals surface area contributed by atoms with E-state index >= 15 is 0 Å². The van der Waals surface area contributed by atoms with E-state index < -0.39 is 11.8 Å². The minimum atomic E-state index is -0.593. The van der Waals surface area contributed by atoms with Crippen LogP contribution in [-0.4, -0.2) is 59.8 Å². The highest BCUT2D eigenvalue weighted by atomic mass is 16.7. The molecule has 2 amide bonds. The van der Waals surface area contributed by atoms with Gasteiger partial charge in [-0.15, -0.1) is 0 Å². The zero-order chi connectivity index (χ0) is 36.9. The third-order valence-electron chi connectivity index (χ3n) is 11.1. The van der Waals surface area contributed by atoms with Crippen LogP contribution >= 0.6 is 0 Å². The summed E-state index contributed by atoms with van der Waals surface area (Å²) in [5, 5.41) is 15.8. The van der Waals surface area contributed by atoms with Crippen molar-refractivity contribution in [1.29, 1.82) is 0 Å². The van der Waals surface area contributed by atoms with Crippen LogP contribution in [0.2, 0.25) is 0 Å². The van der Waals surface area contributed by atoms with Crippen LogP contribution in [0.5, 0.6) is 0 Å². The van der Waals surface area contributed by atoms with Gasteiger partial charge in [0.25, 0.3) is 5.91 Å². The number of aliphatic hydroxyl groups is 1. The molecule has 1 spiro atoms. The molecule has 0 radical (unpaired) electrons. The molecule has 3 saturated heterocycles. The fourth-order valence-corrected chi connectivity index (χ4v) is 8.06. The molecule has 3 fully saturated rings. The van der Waals surface area contributed by atoms with E-state index in [1.165, 1.54) is 0 Å². The van der Waals surface area contributed by atoms with Gasteiger partial charge in [0, 0.05) is 49.4 Å². The van der Waals surface area contributed by atoms with E-state index in [2.05, 4.69) is 56.8 Å². The fourth-order valence-electron chi connectivity index (χ4n) is 8.06. The van der Waals surface area contributed by atoms with Crippen molar-refractivity contribution in [3.05, 3.63) is 161 Å². The Kier molecular flexibility index (Phi) is 10.6. The van der Waals surface area contributed by atoms with Crippen molar-refractivity contribution in [2.75, 3.05) is 31.2 Å². The molecule has 276 valence electrons. The summed E-state index contributed by atoms with van der Waals surface area (Å²) in [6, 6.07) is 43.9. The molecule has 3 atom stereocenters. The molecule has 0 aromatic heterocycles. The Morgan fingerprint density at radius 3 is 2.22 bits per heavy atom. The van der Waals surface area contributed by atoms with E-state index in [4.69, 9.17) is 9.47 Å². The minimum Gasteiger partial charge on any atom is -0.392 e. The Balaban J connectivity index is 0.983. The predicted octanol–water partition coefficient (Wildman–Crippen LogP) is 6.75. The molecule has 9 heteroatoms. The van der Waals surface area contributed by atoms with Crippen LogP contribution in [0.15, 0.2) is 133 Å². The molecular formula is C45H46N4O5. The van der Waals surface area contributed by atoms with E-state index in [1.807, 2.05) is 97.1 Å². The average molecular weight is 723 g/mol. The Labute approximate surface area is 316 Å². The third-order valence-corrected chi connectivity index (χ3v) is 11.1. The van der Waals surface area contributed by atoms with Crippen molar-refractivity contribution in [2.24, 2.45) is 0 Å². The summed E-state index contributed by atoms with van der Waals surface area (Å²) < 4.78 is 13.5. The van der Waals surface area contributed by atoms with Gasteiger partial charge in [0.15, 0.2) is 6.29 Å². The molecule has 9 nitrogen and oxygen atoms in total. The number of carbonyl (C=O) groups is 2. The van der Waals surface area contributed by atoms with Crippen LogP contribution in [0.25, 0.3) is 11.1 Å². The molecule has 0 aliphatic carbocycles. The molecule has 0 saturated carbocycles. The van der Waals surface area contributed by atoms with Crippen molar-refractivity contribution < 1.29 is 24.2 Å². The second-order valence-electron chi connectivity index (χ2n) is 14.5. The largest absolute Gasteiger partial charge is 0.392 e. The number of para-hydroxylation sites is 1. The molecule has 5 aromatic carbocycles. The highest BCUT2D eigenvalue weighted by Gasteiger charge is 2.50. The molecule has 3 aliphatic heterocycles. The highest BCUT2D eigenvalue weighted by Crippen LogP contribution is 2.41. The first kappa shape index (κ1) is 35.7. The smallest absolute Gasteiger partial charge is 0.251 e. The van der Waals surface area contributed by atoms with E-state index in [1.54, 1.807) is 0 Å². The second kappa shape index (κ2) is 16.0. The summed E-state index contributed by atoms with van der Waals surface area (Å²) in [7, 11) is 0. The maximum absolute atomic E-state index is 13.3. The Morgan fingerprint density at radius 2 is 1.48 bits per heavy atom. The predicted molar refractivity (Wildman–Crippen MR) is 208 cm³/mol. The van der Waals surface area contributed by atoms with E-state index in [9.17, 15) is 14.7 Å². The van der Waals surface area contributed by atoms with Gasteiger partial charge >= 0.3 is 0 Å². The number of piperidine rings is 1. The second-order valence-corrected chi connectivity index (χ2v) is 14.5. The Bertz CT molecular complexity index is 2050. The van der Waals surface area contributed by atoms with Crippen molar-refractivity contribution in [1.82, 2.24) is 15.5 Å². The Morgan fingerprint density at radius 1 is 0.778 bits per heavy atom. The number of nitrogens with zero attached hydrogens (tertiary/aromatic N) is 2. The third kappa shape index (κ3) is 7.67. The average Bonchev–Trinajstić information content (AvgIpc) is 3.55. The number of carbonyl (C=O) groups excluding carboxylic acids is 2. The summed E-state index contributed by atoms with van der Waals surface area (Å²) in [5.74, 6) is 0.00841. The van der Waals surface area contributed by atoms with Crippen LogP contribution in [0.4, 0.5) is 5.69 Å². The van der Waals surface area contributed by atoms with Gasteiger partial charge in [-0.25, -0.2) is 0 Å². The maximum Gasteiger partial charge on any atom is 0.251 e. The van der Waals surface area contributed by atoms with Crippen LogP contribution < -0.4 is 15.5 Å². The summed E-state index contributed by atoms with van der Waals surface area (Å²) >= 11 is 0. The number of nitrogens with one attached hydrogen (secondary N) is 2. The first-order valence-corrected chi connectivity index (χ1v) is 18.8. The van der Waals surface area contributed by atoms with Gasteiger partial charge in [0.1, 0.15) is 5.54 Å². The lowest BCUT2D eigenvalue weighted by atomic mass is 9.85. The number of anilines is 1. The lowest BCUT2D eigenvalue weighted by Crippen LogP contribution is -2.57. The van der Waals surface area contributed by atoms with E-state index in [0.717, 1.165) is 71.5 Å². The van der Waals surface area contributed by atoms with Crippen molar-refractivity contribution in [3.63, 3.8) is 0 Å². The first-order chi connectivity index (χ1) is 26.5. The molecule has 54 heavy (non-hydrogen) atoms. The van der Waals surface area contributed by atoms with E-state index in [-0.39, 0.29) is 30.6 Å². The number of hydrogen-bond donors (Lipinski definition) is 3. The molecule has 0 unspecified atom stereocenters. The molecule has 8 rings (SSSR count). The molecule has 0 bridgehead atoms. The number of amides is 2. The summed E-state index contributed by atoms with van der Waals surface area (Å²) in [5.41, 5.74) is 7.06. The maximum atomic E-state index is 13.3. The van der Waals surface area contributed by atoms with Crippen LogP contribution in [0, 0.1) is 0 Å². The fraction of sp³-hybridized carbons (Fsp3) is 0.289. The van der Waals surface area contributed by atoms with Gasteiger partial charge in [-0.1, -0.05) is 97.1 Å². The SMILES string of the molecule is O=C(NCc1cccc(-c2cccc([C@@H]3O[C@H](CN4CCC5(CC4)C(=O)NCN5c4ccccc4)C[C@H](c4ccc(CO)cc4)O3)c2)c1)c1ccccc1. The van der Waals surface area contributed by atoms with Gasteiger partial charge in [0.05, 0.1) is 25.5 Å². The normalized spacial score (nSPS) is 21.2. The van der Waals surface area contributed by atoms with Crippen LogP contribution in [-0.2, 0) is 27.4 Å². The monoisotopic (exact) mass is 722 g/mol. The van der Waals surface area contributed by atoms with Gasteiger partial charge in [-0.3, -0.25) is 9.59 Å². The van der Waals surface area contributed by atoms with Gasteiger partial charge in [-0.2, -0.15) is 0 Å².